The highest BCUT2D eigenvalue weighted by molar-refractivity contribution is 6.09. The summed E-state index contributed by atoms with van der Waals surface area (Å²) in [6.45, 7) is 3.27. The van der Waals surface area contributed by atoms with Crippen LogP contribution in [0.15, 0.2) is 48.5 Å². The zero-order chi connectivity index (χ0) is 20.6. The predicted octanol–water partition coefficient (Wildman–Crippen LogP) is 2.82. The maximum Gasteiger partial charge on any atom is 0.325 e. The number of aryl methyl sites for hydroxylation is 2. The third-order valence-electron chi connectivity index (χ3n) is 5.93. The van der Waals surface area contributed by atoms with Gasteiger partial charge in [0, 0.05) is 0 Å². The fourth-order valence-corrected chi connectivity index (χ4v) is 4.17. The number of imide groups is 1. The monoisotopic (exact) mass is 391 g/mol. The molecule has 2 aromatic carbocycles. The molecule has 0 saturated carbocycles. The predicted molar refractivity (Wildman–Crippen MR) is 109 cm³/mol. The van der Waals surface area contributed by atoms with Gasteiger partial charge < -0.3 is 10.6 Å². The SMILES string of the molecule is CC(NC(=O)CN1C(=O)NC(C)(c2ccc3c(c2)CCC3)C1=O)c1ccccc1. The maximum absolute atomic E-state index is 13.1. The first-order valence-corrected chi connectivity index (χ1v) is 9.99. The molecule has 2 aromatic rings. The van der Waals surface area contributed by atoms with Crippen LogP contribution >= 0.6 is 0 Å². The number of nitrogens with zero attached hydrogens (tertiary/aromatic N) is 1. The number of hydrogen-bond acceptors (Lipinski definition) is 3. The van der Waals surface area contributed by atoms with Crippen LogP contribution in [0.4, 0.5) is 4.79 Å². The third kappa shape index (κ3) is 3.50. The van der Waals surface area contributed by atoms with E-state index in [0.717, 1.165) is 35.3 Å². The number of carbonyl (C=O) groups is 3. The van der Waals surface area contributed by atoms with Gasteiger partial charge in [-0.05, 0) is 55.4 Å². The Morgan fingerprint density at radius 1 is 1.14 bits per heavy atom. The third-order valence-corrected chi connectivity index (χ3v) is 5.93. The van der Waals surface area contributed by atoms with Crippen LogP contribution in [0.1, 0.15) is 48.6 Å². The van der Waals surface area contributed by atoms with Crippen LogP contribution in [0, 0.1) is 0 Å². The molecule has 29 heavy (non-hydrogen) atoms. The van der Waals surface area contributed by atoms with Crippen LogP contribution in [0.3, 0.4) is 0 Å². The van der Waals surface area contributed by atoms with E-state index < -0.39 is 17.5 Å². The van der Waals surface area contributed by atoms with Gasteiger partial charge in [-0.15, -0.1) is 0 Å². The standard InChI is InChI=1S/C23H25N3O3/c1-15(16-7-4-3-5-8-16)24-20(27)14-26-21(28)23(2,25-22(26)29)19-12-11-17-9-6-10-18(17)13-19/h3-5,7-8,11-13,15H,6,9-10,14H2,1-2H3,(H,24,27)(H,25,29). The van der Waals surface area contributed by atoms with Crippen molar-refractivity contribution in [3.63, 3.8) is 0 Å². The van der Waals surface area contributed by atoms with E-state index in [-0.39, 0.29) is 18.5 Å². The van der Waals surface area contributed by atoms with Gasteiger partial charge in [0.2, 0.25) is 5.91 Å². The van der Waals surface area contributed by atoms with Crippen molar-refractivity contribution < 1.29 is 14.4 Å². The molecular weight excluding hydrogens is 366 g/mol. The van der Waals surface area contributed by atoms with Crippen molar-refractivity contribution in [1.29, 1.82) is 0 Å². The lowest BCUT2D eigenvalue weighted by atomic mass is 9.89. The molecule has 0 aromatic heterocycles. The number of urea groups is 1. The Bertz CT molecular complexity index is 973. The van der Waals surface area contributed by atoms with E-state index in [1.54, 1.807) is 6.92 Å². The van der Waals surface area contributed by atoms with Crippen LogP contribution in [-0.2, 0) is 28.0 Å². The maximum atomic E-state index is 13.1. The molecule has 1 heterocycles. The van der Waals surface area contributed by atoms with Crippen molar-refractivity contribution in [1.82, 2.24) is 15.5 Å². The van der Waals surface area contributed by atoms with Crippen molar-refractivity contribution >= 4 is 17.8 Å². The van der Waals surface area contributed by atoms with Gasteiger partial charge in [0.1, 0.15) is 12.1 Å². The molecule has 6 nitrogen and oxygen atoms in total. The van der Waals surface area contributed by atoms with E-state index in [1.807, 2.05) is 55.5 Å². The van der Waals surface area contributed by atoms with E-state index in [2.05, 4.69) is 10.6 Å². The summed E-state index contributed by atoms with van der Waals surface area (Å²) in [5, 5.41) is 5.64. The lowest BCUT2D eigenvalue weighted by Crippen LogP contribution is -2.43. The van der Waals surface area contributed by atoms with Gasteiger partial charge in [0.05, 0.1) is 6.04 Å². The first kappa shape index (κ1) is 19.2. The molecule has 150 valence electrons. The fraction of sp³-hybridized carbons (Fsp3) is 0.348. The van der Waals surface area contributed by atoms with Crippen LogP contribution < -0.4 is 10.6 Å². The molecular formula is C23H25N3O3. The molecule has 4 amide bonds. The number of rotatable bonds is 5. The molecule has 2 aliphatic rings. The van der Waals surface area contributed by atoms with Crippen LogP contribution in [0.2, 0.25) is 0 Å². The first-order valence-electron chi connectivity index (χ1n) is 9.99. The van der Waals surface area contributed by atoms with E-state index in [1.165, 1.54) is 11.1 Å². The second-order valence-electron chi connectivity index (χ2n) is 7.98. The summed E-state index contributed by atoms with van der Waals surface area (Å²) in [6, 6.07) is 14.8. The number of amides is 4. The number of fused-ring (bicyclic) bond motifs is 1. The molecule has 1 saturated heterocycles. The lowest BCUT2D eigenvalue weighted by molar-refractivity contribution is -0.135. The zero-order valence-corrected chi connectivity index (χ0v) is 16.7. The summed E-state index contributed by atoms with van der Waals surface area (Å²) in [5.74, 6) is -0.772. The summed E-state index contributed by atoms with van der Waals surface area (Å²) < 4.78 is 0. The minimum atomic E-state index is -1.15. The highest BCUT2D eigenvalue weighted by Gasteiger charge is 2.49. The van der Waals surface area contributed by atoms with Gasteiger partial charge in [-0.25, -0.2) is 4.79 Å². The molecule has 2 unspecified atom stereocenters. The molecule has 1 aliphatic carbocycles. The van der Waals surface area contributed by atoms with Gasteiger partial charge >= 0.3 is 6.03 Å². The van der Waals surface area contributed by atoms with E-state index in [9.17, 15) is 14.4 Å². The van der Waals surface area contributed by atoms with Crippen molar-refractivity contribution in [2.45, 2.75) is 44.7 Å². The molecule has 0 spiro atoms. The van der Waals surface area contributed by atoms with Crippen molar-refractivity contribution in [2.75, 3.05) is 6.54 Å². The van der Waals surface area contributed by atoms with E-state index >= 15 is 0 Å². The Balaban J connectivity index is 1.47. The quantitative estimate of drug-likeness (QED) is 0.770. The lowest BCUT2D eigenvalue weighted by Gasteiger charge is -2.23. The Hall–Kier alpha value is -3.15. The molecule has 6 heteroatoms. The molecule has 1 fully saturated rings. The van der Waals surface area contributed by atoms with Crippen LogP contribution in [-0.4, -0.2) is 29.3 Å². The average Bonchev–Trinajstić information content (AvgIpc) is 3.27. The van der Waals surface area contributed by atoms with Crippen molar-refractivity contribution in [3.8, 4) is 0 Å². The number of carbonyl (C=O) groups excluding carboxylic acids is 3. The average molecular weight is 391 g/mol. The number of nitrogens with one attached hydrogen (secondary N) is 2. The summed E-state index contributed by atoms with van der Waals surface area (Å²) in [6.07, 6.45) is 3.16. The summed E-state index contributed by atoms with van der Waals surface area (Å²) in [4.78, 5) is 39.1. The Morgan fingerprint density at radius 3 is 2.62 bits per heavy atom. The molecule has 0 radical (unpaired) electrons. The fourth-order valence-electron chi connectivity index (χ4n) is 4.17. The van der Waals surface area contributed by atoms with E-state index in [0.29, 0.717) is 0 Å². The van der Waals surface area contributed by atoms with Gasteiger partial charge in [0.25, 0.3) is 5.91 Å². The Kier molecular flexibility index (Phi) is 4.86. The van der Waals surface area contributed by atoms with E-state index in [4.69, 9.17) is 0 Å². The van der Waals surface area contributed by atoms with Gasteiger partial charge in [-0.3, -0.25) is 14.5 Å². The number of hydrogen-bond donors (Lipinski definition) is 2. The smallest absolute Gasteiger partial charge is 0.325 e. The summed E-state index contributed by atoms with van der Waals surface area (Å²) >= 11 is 0. The van der Waals surface area contributed by atoms with Gasteiger partial charge in [0.15, 0.2) is 0 Å². The molecule has 2 N–H and O–H groups in total. The van der Waals surface area contributed by atoms with Crippen LogP contribution in [0.5, 0.6) is 0 Å². The second-order valence-corrected chi connectivity index (χ2v) is 7.98. The molecule has 4 rings (SSSR count). The highest BCUT2D eigenvalue weighted by Crippen LogP contribution is 2.32. The largest absolute Gasteiger partial charge is 0.348 e. The molecule has 0 bridgehead atoms. The summed E-state index contributed by atoms with van der Waals surface area (Å²) in [5.41, 5.74) is 3.11. The minimum Gasteiger partial charge on any atom is -0.348 e. The van der Waals surface area contributed by atoms with Crippen molar-refractivity contribution in [3.05, 3.63) is 70.8 Å². The summed E-state index contributed by atoms with van der Waals surface area (Å²) in [7, 11) is 0. The van der Waals surface area contributed by atoms with Gasteiger partial charge in [-0.1, -0.05) is 48.5 Å². The highest BCUT2D eigenvalue weighted by atomic mass is 16.2. The topological polar surface area (TPSA) is 78.5 Å². The Labute approximate surface area is 170 Å². The zero-order valence-electron chi connectivity index (χ0n) is 16.7. The van der Waals surface area contributed by atoms with Crippen molar-refractivity contribution in [2.24, 2.45) is 0 Å². The minimum absolute atomic E-state index is 0.215. The normalized spacial score (nSPS) is 21.7. The van der Waals surface area contributed by atoms with Crippen LogP contribution in [0.25, 0.3) is 0 Å². The number of benzene rings is 2. The first-order chi connectivity index (χ1) is 13.9. The molecule has 1 aliphatic heterocycles. The molecule has 2 atom stereocenters. The Morgan fingerprint density at radius 2 is 1.86 bits per heavy atom. The second kappa shape index (κ2) is 7.35. The van der Waals surface area contributed by atoms with Gasteiger partial charge in [-0.2, -0.15) is 0 Å².